The van der Waals surface area contributed by atoms with Crippen LogP contribution in [0.15, 0.2) is 48.7 Å². The lowest BCUT2D eigenvalue weighted by atomic mass is 10.0. The van der Waals surface area contributed by atoms with E-state index in [9.17, 15) is 9.59 Å². The molecule has 3 amide bonds. The second-order valence-electron chi connectivity index (χ2n) is 7.14. The molecule has 0 radical (unpaired) electrons. The first-order valence-electron chi connectivity index (χ1n) is 9.56. The molecule has 0 bridgehead atoms. The Morgan fingerprint density at radius 1 is 1.18 bits per heavy atom. The zero-order valence-electron chi connectivity index (χ0n) is 16.2. The topological polar surface area (TPSA) is 68.4 Å². The first-order valence-corrected chi connectivity index (χ1v) is 9.56. The number of carbonyl (C=O) groups is 2. The zero-order valence-corrected chi connectivity index (χ0v) is 16.2. The molecule has 2 N–H and O–H groups in total. The lowest BCUT2D eigenvalue weighted by Gasteiger charge is -2.27. The summed E-state index contributed by atoms with van der Waals surface area (Å²) >= 11 is 0. The van der Waals surface area contributed by atoms with Crippen molar-refractivity contribution in [1.82, 2.24) is 9.88 Å². The quantitative estimate of drug-likeness (QED) is 0.719. The van der Waals surface area contributed by atoms with Crippen molar-refractivity contribution in [2.45, 2.75) is 26.3 Å². The van der Waals surface area contributed by atoms with Gasteiger partial charge in [0.2, 0.25) is 5.91 Å². The summed E-state index contributed by atoms with van der Waals surface area (Å²) in [5.74, 6) is 0.126. The molecule has 2 heterocycles. The first-order chi connectivity index (χ1) is 13.5. The molecule has 144 valence electrons. The smallest absolute Gasteiger partial charge is 0.322 e. The first kappa shape index (κ1) is 18.1. The van der Waals surface area contributed by atoms with Crippen LogP contribution >= 0.6 is 0 Å². The Kier molecular flexibility index (Phi) is 4.77. The Labute approximate surface area is 164 Å². The minimum Gasteiger partial charge on any atom is -0.361 e. The highest BCUT2D eigenvalue weighted by Gasteiger charge is 2.21. The van der Waals surface area contributed by atoms with Gasteiger partial charge in [-0.3, -0.25) is 4.79 Å². The van der Waals surface area contributed by atoms with Crippen LogP contribution in [0.5, 0.6) is 0 Å². The molecule has 2 aromatic carbocycles. The predicted molar refractivity (Wildman–Crippen MR) is 112 cm³/mol. The number of benzene rings is 2. The van der Waals surface area contributed by atoms with Crippen molar-refractivity contribution < 1.29 is 9.59 Å². The normalized spacial score (nSPS) is 13.5. The third-order valence-corrected chi connectivity index (χ3v) is 5.33. The molecule has 1 aliphatic rings. The van der Waals surface area contributed by atoms with Gasteiger partial charge >= 0.3 is 6.03 Å². The summed E-state index contributed by atoms with van der Waals surface area (Å²) in [5.41, 5.74) is 4.94. The van der Waals surface area contributed by atoms with E-state index >= 15 is 0 Å². The standard InChI is InChI=1S/C22H24N4O2/c1-3-26(14-15-4-7-19-16(12-15)10-11-23-19)22(28)24-18-6-8-20-17(13-18)5-9-21(27)25(20)2/h4,6-8,10-13,23H,3,5,9,14H2,1-2H3,(H,24,28). The number of anilines is 2. The maximum atomic E-state index is 12.8. The fraction of sp³-hybridized carbons (Fsp3) is 0.273. The van der Waals surface area contributed by atoms with E-state index in [4.69, 9.17) is 0 Å². The molecule has 0 atom stereocenters. The molecular formula is C22H24N4O2. The predicted octanol–water partition coefficient (Wildman–Crippen LogP) is 4.13. The van der Waals surface area contributed by atoms with E-state index in [0.29, 0.717) is 25.9 Å². The van der Waals surface area contributed by atoms with Crippen molar-refractivity contribution in [3.8, 4) is 0 Å². The Morgan fingerprint density at radius 2 is 2.04 bits per heavy atom. The summed E-state index contributed by atoms with van der Waals surface area (Å²) < 4.78 is 0. The van der Waals surface area contributed by atoms with Crippen molar-refractivity contribution in [3.05, 3.63) is 59.8 Å². The summed E-state index contributed by atoms with van der Waals surface area (Å²) in [5, 5.41) is 4.14. The number of amides is 3. The molecular weight excluding hydrogens is 352 g/mol. The fourth-order valence-electron chi connectivity index (χ4n) is 3.69. The molecule has 0 spiro atoms. The average Bonchev–Trinajstić information content (AvgIpc) is 3.16. The number of H-pyrrole nitrogens is 1. The highest BCUT2D eigenvalue weighted by atomic mass is 16.2. The largest absolute Gasteiger partial charge is 0.361 e. The number of carbonyl (C=O) groups excluding carboxylic acids is 2. The van der Waals surface area contributed by atoms with Crippen LogP contribution in [-0.4, -0.2) is 35.4 Å². The van der Waals surface area contributed by atoms with Gasteiger partial charge in [-0.25, -0.2) is 4.79 Å². The van der Waals surface area contributed by atoms with E-state index in [1.165, 1.54) is 0 Å². The van der Waals surface area contributed by atoms with Crippen LogP contribution in [0.1, 0.15) is 24.5 Å². The van der Waals surface area contributed by atoms with E-state index in [-0.39, 0.29) is 11.9 Å². The molecule has 3 aromatic rings. The molecule has 4 rings (SSSR count). The van der Waals surface area contributed by atoms with Crippen LogP contribution in [-0.2, 0) is 17.8 Å². The van der Waals surface area contributed by atoms with Crippen molar-refractivity contribution in [1.29, 1.82) is 0 Å². The molecule has 0 fully saturated rings. The van der Waals surface area contributed by atoms with Gasteiger partial charge in [-0.15, -0.1) is 0 Å². The summed E-state index contributed by atoms with van der Waals surface area (Å²) in [6.07, 6.45) is 3.12. The maximum absolute atomic E-state index is 12.8. The van der Waals surface area contributed by atoms with Gasteiger partial charge in [0.1, 0.15) is 0 Å². The summed E-state index contributed by atoms with van der Waals surface area (Å²) in [7, 11) is 1.79. The number of nitrogens with zero attached hydrogens (tertiary/aromatic N) is 2. The number of urea groups is 1. The molecule has 0 saturated carbocycles. The highest BCUT2D eigenvalue weighted by molar-refractivity contribution is 5.97. The van der Waals surface area contributed by atoms with E-state index in [0.717, 1.165) is 33.4 Å². The number of aryl methyl sites for hydroxylation is 1. The van der Waals surface area contributed by atoms with Gasteiger partial charge in [0.25, 0.3) is 0 Å². The Morgan fingerprint density at radius 3 is 2.86 bits per heavy atom. The minimum absolute atomic E-state index is 0.126. The molecule has 28 heavy (non-hydrogen) atoms. The van der Waals surface area contributed by atoms with Crippen molar-refractivity contribution in [2.24, 2.45) is 0 Å². The molecule has 1 aliphatic heterocycles. The molecule has 6 nitrogen and oxygen atoms in total. The van der Waals surface area contributed by atoms with E-state index < -0.39 is 0 Å². The monoisotopic (exact) mass is 376 g/mol. The highest BCUT2D eigenvalue weighted by Crippen LogP contribution is 2.29. The minimum atomic E-state index is -0.128. The molecule has 0 aliphatic carbocycles. The van der Waals surface area contributed by atoms with Gasteiger partial charge in [-0.2, -0.15) is 0 Å². The second-order valence-corrected chi connectivity index (χ2v) is 7.14. The van der Waals surface area contributed by atoms with E-state index in [1.54, 1.807) is 16.8 Å². The van der Waals surface area contributed by atoms with Crippen molar-refractivity contribution in [3.63, 3.8) is 0 Å². The van der Waals surface area contributed by atoms with Crippen LogP contribution in [0, 0.1) is 0 Å². The lowest BCUT2D eigenvalue weighted by molar-refractivity contribution is -0.118. The van der Waals surface area contributed by atoms with E-state index in [2.05, 4.69) is 16.4 Å². The number of hydrogen-bond acceptors (Lipinski definition) is 2. The number of fused-ring (bicyclic) bond motifs is 2. The lowest BCUT2D eigenvalue weighted by Crippen LogP contribution is -2.34. The molecule has 1 aromatic heterocycles. The third-order valence-electron chi connectivity index (χ3n) is 5.33. The number of aromatic nitrogens is 1. The maximum Gasteiger partial charge on any atom is 0.322 e. The number of aromatic amines is 1. The Bertz CT molecular complexity index is 1040. The summed E-state index contributed by atoms with van der Waals surface area (Å²) in [6, 6.07) is 13.8. The molecule has 6 heteroatoms. The second kappa shape index (κ2) is 7.38. The van der Waals surface area contributed by atoms with Gasteiger partial charge in [0.05, 0.1) is 0 Å². The Hall–Kier alpha value is -3.28. The summed E-state index contributed by atoms with van der Waals surface area (Å²) in [4.78, 5) is 31.3. The SMILES string of the molecule is CCN(Cc1ccc2[nH]ccc2c1)C(=O)Nc1ccc2c(c1)CCC(=O)N2C. The number of nitrogens with one attached hydrogen (secondary N) is 2. The molecule has 0 saturated heterocycles. The van der Waals surface area contributed by atoms with Gasteiger partial charge in [-0.05, 0) is 66.3 Å². The van der Waals surface area contributed by atoms with Gasteiger partial charge in [0.15, 0.2) is 0 Å². The number of hydrogen-bond donors (Lipinski definition) is 2. The van der Waals surface area contributed by atoms with Crippen LogP contribution in [0.2, 0.25) is 0 Å². The van der Waals surface area contributed by atoms with Crippen LogP contribution in [0.3, 0.4) is 0 Å². The summed E-state index contributed by atoms with van der Waals surface area (Å²) in [6.45, 7) is 3.13. The zero-order chi connectivity index (χ0) is 19.7. The third kappa shape index (κ3) is 3.45. The van der Waals surface area contributed by atoms with Gasteiger partial charge < -0.3 is 20.1 Å². The van der Waals surface area contributed by atoms with Crippen molar-refractivity contribution >= 4 is 34.2 Å². The van der Waals surface area contributed by atoms with E-state index in [1.807, 2.05) is 49.5 Å². The Balaban J connectivity index is 1.47. The van der Waals surface area contributed by atoms with Gasteiger partial charge in [-0.1, -0.05) is 6.07 Å². The van der Waals surface area contributed by atoms with Crippen molar-refractivity contribution in [2.75, 3.05) is 23.8 Å². The molecule has 0 unspecified atom stereocenters. The number of rotatable bonds is 4. The van der Waals surface area contributed by atoms with Crippen LogP contribution in [0.4, 0.5) is 16.2 Å². The van der Waals surface area contributed by atoms with Gasteiger partial charge in [0, 0.05) is 49.6 Å². The van der Waals surface area contributed by atoms with Crippen LogP contribution < -0.4 is 10.2 Å². The average molecular weight is 376 g/mol. The van der Waals surface area contributed by atoms with Crippen LogP contribution in [0.25, 0.3) is 10.9 Å². The fourth-order valence-corrected chi connectivity index (χ4v) is 3.69.